The fourth-order valence-corrected chi connectivity index (χ4v) is 4.35. The van der Waals surface area contributed by atoms with Crippen LogP contribution in [0.2, 0.25) is 13.1 Å². The Balaban J connectivity index is 0.000000174. The van der Waals surface area contributed by atoms with Gasteiger partial charge >= 0.3 is 41.9 Å². The largest absolute Gasteiger partial charge is 1.00 e. The van der Waals surface area contributed by atoms with E-state index in [4.69, 9.17) is 0 Å². The molecule has 0 aromatic heterocycles. The van der Waals surface area contributed by atoms with Crippen LogP contribution in [0.15, 0.2) is 97.1 Å². The van der Waals surface area contributed by atoms with Crippen LogP contribution in [-0.4, -0.2) is 5.43 Å². The van der Waals surface area contributed by atoms with E-state index in [9.17, 15) is 0 Å². The Labute approximate surface area is 213 Å². The first-order valence-electron chi connectivity index (χ1n) is 11.0. The third kappa shape index (κ3) is 5.98. The van der Waals surface area contributed by atoms with Crippen LogP contribution >= 0.6 is 0 Å². The van der Waals surface area contributed by atoms with E-state index in [1.807, 2.05) is 0 Å². The van der Waals surface area contributed by atoms with Gasteiger partial charge in [0, 0.05) is 0 Å². The van der Waals surface area contributed by atoms with Crippen molar-refractivity contribution < 1.29 is 35.7 Å². The molecule has 0 amide bonds. The normalized spacial score (nSPS) is 11.5. The van der Waals surface area contributed by atoms with E-state index >= 15 is 0 Å². The summed E-state index contributed by atoms with van der Waals surface area (Å²) in [4.78, 5) is 0. The van der Waals surface area contributed by atoms with Gasteiger partial charge in [0.25, 0.3) is 0 Å². The molecule has 5 aromatic carbocycles. The molecule has 0 spiro atoms. The molecule has 0 N–H and O–H groups in total. The molecule has 162 valence electrons. The van der Waals surface area contributed by atoms with Crippen LogP contribution in [0, 0.1) is 0 Å². The van der Waals surface area contributed by atoms with Crippen molar-refractivity contribution in [3.63, 3.8) is 0 Å². The van der Waals surface area contributed by atoms with Gasteiger partial charge in [-0.15, -0.1) is 52.6 Å². The molecule has 0 nitrogen and oxygen atoms in total. The number of benzene rings is 3. The number of fused-ring (bicyclic) bond motifs is 3. The van der Waals surface area contributed by atoms with Crippen LogP contribution in [0.3, 0.4) is 0 Å². The number of hydrogen-bond acceptors (Lipinski definition) is 0. The predicted octanol–water partition coefficient (Wildman–Crippen LogP) is 5.06. The van der Waals surface area contributed by atoms with E-state index in [0.29, 0.717) is 0 Å². The van der Waals surface area contributed by atoms with Crippen LogP contribution in [0.4, 0.5) is 0 Å². The number of rotatable bonds is 1. The molecular weight excluding hydrogens is 503 g/mol. The molecule has 0 saturated heterocycles. The van der Waals surface area contributed by atoms with E-state index in [1.54, 1.807) is 34.5 Å². The molecule has 0 radical (unpaired) electrons. The van der Waals surface area contributed by atoms with Crippen molar-refractivity contribution in [1.29, 1.82) is 0 Å². The molecule has 0 heterocycles. The summed E-state index contributed by atoms with van der Waals surface area (Å²) in [7, 11) is 0. The van der Waals surface area contributed by atoms with Crippen molar-refractivity contribution in [3.05, 3.63) is 108 Å². The molecule has 0 saturated carbocycles. The van der Waals surface area contributed by atoms with Crippen molar-refractivity contribution in [2.45, 2.75) is 32.4 Å². The molecule has 32 heavy (non-hydrogen) atoms. The van der Waals surface area contributed by atoms with Crippen molar-refractivity contribution in [1.82, 2.24) is 0 Å². The van der Waals surface area contributed by atoms with Crippen LogP contribution in [0.1, 0.15) is 17.5 Å². The zero-order chi connectivity index (χ0) is 21.6. The first kappa shape index (κ1) is 24.9. The number of aryl methyl sites for hydroxylation is 1. The average molecular weight is 531 g/mol. The van der Waals surface area contributed by atoms with E-state index in [-0.39, 0.29) is 17.8 Å². The van der Waals surface area contributed by atoms with Gasteiger partial charge in [-0.25, -0.2) is 0 Å². The van der Waals surface area contributed by atoms with Gasteiger partial charge in [0.2, 0.25) is 0 Å². The summed E-state index contributed by atoms with van der Waals surface area (Å²) < 4.78 is 0. The Morgan fingerprint density at radius 2 is 1.44 bits per heavy atom. The zero-order valence-corrected chi connectivity index (χ0v) is 23.0. The van der Waals surface area contributed by atoms with Gasteiger partial charge in [-0.05, 0) is 24.8 Å². The maximum absolute atomic E-state index is 2.39. The Bertz CT molecular complexity index is 1260. The first-order valence-corrected chi connectivity index (χ1v) is 17.2. The summed E-state index contributed by atoms with van der Waals surface area (Å²) in [6, 6.07) is 34.6. The van der Waals surface area contributed by atoms with Gasteiger partial charge < -0.3 is 12.4 Å². The Morgan fingerprint density at radius 1 is 0.781 bits per heavy atom. The summed E-state index contributed by atoms with van der Waals surface area (Å²) in [6.45, 7) is 4.62. The zero-order valence-electron chi connectivity index (χ0n) is 18.7. The van der Waals surface area contributed by atoms with Crippen LogP contribution in [-0.2, 0) is 36.2 Å². The maximum Gasteiger partial charge on any atom is -0.0276 e. The quantitative estimate of drug-likeness (QED) is 0.210. The van der Waals surface area contributed by atoms with E-state index in [2.05, 4.69) is 110 Å². The second-order valence-corrected chi connectivity index (χ2v) is 17.7. The van der Waals surface area contributed by atoms with E-state index in [1.165, 1.54) is 51.9 Å². The molecule has 6 rings (SSSR count). The van der Waals surface area contributed by atoms with Gasteiger partial charge in [0.1, 0.15) is 0 Å². The van der Waals surface area contributed by atoms with Crippen molar-refractivity contribution in [2.24, 2.45) is 0 Å². The smallest absolute Gasteiger partial charge is 0.0276 e. The monoisotopic (exact) mass is 529 g/mol. The maximum atomic E-state index is 2.39. The van der Waals surface area contributed by atoms with Crippen molar-refractivity contribution in [2.75, 3.05) is 0 Å². The summed E-state index contributed by atoms with van der Waals surface area (Å²) in [5, 5.41) is 5.48. The second kappa shape index (κ2) is 11.9. The minimum atomic E-state index is 0. The molecule has 5 aromatic rings. The number of hydrogen-bond donors (Lipinski definition) is 0. The fourth-order valence-electron chi connectivity index (χ4n) is 4.35. The minimum absolute atomic E-state index is 0. The van der Waals surface area contributed by atoms with Gasteiger partial charge in [0.15, 0.2) is 0 Å². The Hall–Kier alpha value is -1.73. The fraction of sp³-hybridized carbons (Fsp3) is 0.172. The standard InChI is InChI=1S/C18H15.C9H7.C2H6Si.ClH.Zr/c1-2-6-13(7-3-1)18-16-10-4-8-14(16)12-15-9-5-11-17(15)18;1-2-5-9-7-3-6-8(9)4-1;1-3-2;;/h1-4,6-8,10,12H,5,9,11H2;1-7H;1-2H3;1H;/q2*-1;;;/p-1. The van der Waals surface area contributed by atoms with E-state index in [0.717, 1.165) is 0 Å². The molecule has 0 aliphatic heterocycles. The molecule has 0 atom stereocenters. The SMILES string of the molecule is C[Si](C)=[Zr].[Cl-].c1ccc(-c2c3c(cc4[cH-]ccc24)CCC3)cc1.c1ccc2[cH-]ccc2c1. The number of halogens is 1. The molecule has 0 unspecified atom stereocenters. The summed E-state index contributed by atoms with van der Waals surface area (Å²) in [5.74, 6) is 0. The average Bonchev–Trinajstić information content (AvgIpc) is 3.52. The molecular formula is C29H28ClSiZr-3. The summed E-state index contributed by atoms with van der Waals surface area (Å²) in [5.41, 5.74) is 6.20. The van der Waals surface area contributed by atoms with Gasteiger partial charge in [-0.1, -0.05) is 53.1 Å². The Morgan fingerprint density at radius 3 is 2.19 bits per heavy atom. The third-order valence-corrected chi connectivity index (χ3v) is 5.62. The van der Waals surface area contributed by atoms with Crippen LogP contribution in [0.5, 0.6) is 0 Å². The molecule has 0 bridgehead atoms. The summed E-state index contributed by atoms with van der Waals surface area (Å²) >= 11 is 1.74. The topological polar surface area (TPSA) is 0 Å². The predicted molar refractivity (Wildman–Crippen MR) is 134 cm³/mol. The van der Waals surface area contributed by atoms with Crippen molar-refractivity contribution >= 4 is 27.0 Å². The van der Waals surface area contributed by atoms with Crippen molar-refractivity contribution in [3.8, 4) is 11.1 Å². The summed E-state index contributed by atoms with van der Waals surface area (Å²) in [6.07, 6.45) is 3.79. The molecule has 3 heteroatoms. The molecule has 1 aliphatic carbocycles. The second-order valence-electron chi connectivity index (χ2n) is 8.29. The van der Waals surface area contributed by atoms with Crippen LogP contribution in [0.25, 0.3) is 32.7 Å². The third-order valence-electron chi connectivity index (χ3n) is 5.62. The first-order chi connectivity index (χ1) is 15.1. The van der Waals surface area contributed by atoms with Gasteiger partial charge in [0.05, 0.1) is 0 Å². The molecule has 0 fully saturated rings. The van der Waals surface area contributed by atoms with E-state index < -0.39 is 0 Å². The minimum Gasteiger partial charge on any atom is -1.00 e. The Kier molecular flexibility index (Phi) is 9.29. The van der Waals surface area contributed by atoms with Gasteiger partial charge in [-0.3, -0.25) is 0 Å². The molecule has 1 aliphatic rings. The van der Waals surface area contributed by atoms with Gasteiger partial charge in [-0.2, -0.15) is 29.7 Å². The van der Waals surface area contributed by atoms with Crippen LogP contribution < -0.4 is 12.4 Å².